The minimum Gasteiger partial charge on any atom is -0.356 e. The zero-order chi connectivity index (χ0) is 22.4. The minimum absolute atomic E-state index is 0.00609. The van der Waals surface area contributed by atoms with Crippen molar-refractivity contribution in [2.24, 2.45) is 5.92 Å². The number of aromatic nitrogens is 3. The summed E-state index contributed by atoms with van der Waals surface area (Å²) < 4.78 is 1.89. The highest BCUT2D eigenvalue weighted by Gasteiger charge is 2.31. The first-order chi connectivity index (χ1) is 15.4. The summed E-state index contributed by atoms with van der Waals surface area (Å²) >= 11 is 0. The smallest absolute Gasteiger partial charge is 0.254 e. The molecule has 0 unspecified atom stereocenters. The number of piperidine rings is 1. The number of rotatable bonds is 3. The fourth-order valence-electron chi connectivity index (χ4n) is 5.23. The largest absolute Gasteiger partial charge is 0.356 e. The van der Waals surface area contributed by atoms with Crippen molar-refractivity contribution in [1.29, 1.82) is 0 Å². The van der Waals surface area contributed by atoms with Gasteiger partial charge >= 0.3 is 0 Å². The lowest BCUT2D eigenvalue weighted by atomic mass is 9.96. The van der Waals surface area contributed by atoms with Gasteiger partial charge in [-0.05, 0) is 64.0 Å². The number of carbonyl (C=O) groups is 1. The zero-order valence-electron chi connectivity index (χ0n) is 19.6. The minimum atomic E-state index is -0.00609. The number of aryl methyl sites for hydroxylation is 3. The summed E-state index contributed by atoms with van der Waals surface area (Å²) in [5.74, 6) is 1.89. The summed E-state index contributed by atoms with van der Waals surface area (Å²) in [5, 5.41) is 4.89. The van der Waals surface area contributed by atoms with Gasteiger partial charge in [0.05, 0.1) is 11.7 Å². The molecule has 5 rings (SSSR count). The molecule has 0 spiro atoms. The van der Waals surface area contributed by atoms with Crippen molar-refractivity contribution < 1.29 is 4.79 Å². The molecule has 6 nitrogen and oxygen atoms in total. The van der Waals surface area contributed by atoms with Crippen molar-refractivity contribution >= 4 is 17.4 Å². The van der Waals surface area contributed by atoms with Crippen LogP contribution < -0.4 is 4.90 Å². The molecule has 0 radical (unpaired) electrons. The van der Waals surface area contributed by atoms with Gasteiger partial charge in [-0.2, -0.15) is 5.10 Å². The number of nitrogens with zero attached hydrogens (tertiary/aromatic N) is 5. The number of hydrogen-bond donors (Lipinski definition) is 0. The van der Waals surface area contributed by atoms with Gasteiger partial charge in [0.2, 0.25) is 0 Å². The summed E-state index contributed by atoms with van der Waals surface area (Å²) in [4.78, 5) is 23.0. The van der Waals surface area contributed by atoms with E-state index in [1.165, 1.54) is 6.42 Å². The second-order valence-corrected chi connectivity index (χ2v) is 9.79. The van der Waals surface area contributed by atoms with Crippen LogP contribution in [0, 0.1) is 26.7 Å². The number of hydrogen-bond acceptors (Lipinski definition) is 4. The molecule has 2 saturated heterocycles. The van der Waals surface area contributed by atoms with Gasteiger partial charge < -0.3 is 9.80 Å². The maximum Gasteiger partial charge on any atom is 0.254 e. The lowest BCUT2D eigenvalue weighted by molar-refractivity contribution is 0.0605. The van der Waals surface area contributed by atoms with Gasteiger partial charge in [0.25, 0.3) is 5.91 Å². The highest BCUT2D eigenvalue weighted by atomic mass is 16.2. The van der Waals surface area contributed by atoms with Crippen LogP contribution in [0.2, 0.25) is 0 Å². The third-order valence-corrected chi connectivity index (χ3v) is 7.08. The van der Waals surface area contributed by atoms with Gasteiger partial charge in [0.15, 0.2) is 5.65 Å². The highest BCUT2D eigenvalue weighted by Crippen LogP contribution is 2.33. The van der Waals surface area contributed by atoms with Crippen LogP contribution >= 0.6 is 0 Å². The Morgan fingerprint density at radius 1 is 1.03 bits per heavy atom. The van der Waals surface area contributed by atoms with Crippen LogP contribution in [-0.2, 0) is 0 Å². The molecular weight excluding hydrogens is 398 g/mol. The molecular formula is C26H33N5O. The van der Waals surface area contributed by atoms with Crippen LogP contribution in [0.1, 0.15) is 71.4 Å². The van der Waals surface area contributed by atoms with Gasteiger partial charge in [-0.3, -0.25) is 4.79 Å². The van der Waals surface area contributed by atoms with E-state index in [-0.39, 0.29) is 11.9 Å². The average molecular weight is 432 g/mol. The van der Waals surface area contributed by atoms with Crippen molar-refractivity contribution in [3.63, 3.8) is 0 Å². The van der Waals surface area contributed by atoms with Crippen molar-refractivity contribution in [1.82, 2.24) is 19.5 Å². The van der Waals surface area contributed by atoms with Crippen LogP contribution in [-0.4, -0.2) is 45.0 Å². The Morgan fingerprint density at radius 2 is 1.88 bits per heavy atom. The molecule has 0 aliphatic carbocycles. The van der Waals surface area contributed by atoms with Crippen molar-refractivity contribution in [2.45, 2.75) is 59.4 Å². The van der Waals surface area contributed by atoms with Gasteiger partial charge in [-0.1, -0.05) is 24.6 Å². The second-order valence-electron chi connectivity index (χ2n) is 9.79. The molecule has 6 heteroatoms. The van der Waals surface area contributed by atoms with Crippen molar-refractivity contribution in [2.75, 3.05) is 24.5 Å². The van der Waals surface area contributed by atoms with Crippen molar-refractivity contribution in [3.8, 4) is 0 Å². The number of amides is 1. The predicted octanol–water partition coefficient (Wildman–Crippen LogP) is 4.87. The molecule has 2 fully saturated rings. The second kappa shape index (κ2) is 8.23. The number of fused-ring (bicyclic) bond motifs is 1. The van der Waals surface area contributed by atoms with Crippen LogP contribution in [0.3, 0.4) is 0 Å². The summed E-state index contributed by atoms with van der Waals surface area (Å²) in [7, 11) is 0. The van der Waals surface area contributed by atoms with Gasteiger partial charge in [0.1, 0.15) is 5.82 Å². The SMILES string of the molecule is Cc1ccc(C)c(C(=O)N2CCCC[C@H]2c2cc3nc(N4CC[C@H](C)C4)c(C)cn3n2)c1. The van der Waals surface area contributed by atoms with Crippen LogP contribution in [0.5, 0.6) is 0 Å². The van der Waals surface area contributed by atoms with E-state index in [2.05, 4.69) is 37.1 Å². The fourth-order valence-corrected chi connectivity index (χ4v) is 5.23. The van der Waals surface area contributed by atoms with Crippen LogP contribution in [0.25, 0.3) is 5.65 Å². The summed E-state index contributed by atoms with van der Waals surface area (Å²) in [6, 6.07) is 8.20. The Morgan fingerprint density at radius 3 is 2.66 bits per heavy atom. The summed E-state index contributed by atoms with van der Waals surface area (Å²) in [5.41, 5.74) is 5.91. The first kappa shape index (κ1) is 21.0. The van der Waals surface area contributed by atoms with E-state index < -0.39 is 0 Å². The Kier molecular flexibility index (Phi) is 5.39. The van der Waals surface area contributed by atoms with E-state index in [9.17, 15) is 4.79 Å². The lowest BCUT2D eigenvalue weighted by Crippen LogP contribution is -2.39. The van der Waals surface area contributed by atoms with Crippen LogP contribution in [0.4, 0.5) is 5.82 Å². The lowest BCUT2D eigenvalue weighted by Gasteiger charge is -2.35. The zero-order valence-corrected chi connectivity index (χ0v) is 19.6. The maximum atomic E-state index is 13.6. The van der Waals surface area contributed by atoms with E-state index >= 15 is 0 Å². The molecule has 2 aliphatic heterocycles. The van der Waals surface area contributed by atoms with E-state index in [1.807, 2.05) is 35.4 Å². The molecule has 168 valence electrons. The molecule has 0 saturated carbocycles. The number of anilines is 1. The molecule has 2 atom stereocenters. The third kappa shape index (κ3) is 3.76. The van der Waals surface area contributed by atoms with Crippen LogP contribution in [0.15, 0.2) is 30.5 Å². The van der Waals surface area contributed by atoms with E-state index in [4.69, 9.17) is 10.1 Å². The quantitative estimate of drug-likeness (QED) is 0.594. The molecule has 0 bridgehead atoms. The highest BCUT2D eigenvalue weighted by molar-refractivity contribution is 5.96. The molecule has 2 aliphatic rings. The third-order valence-electron chi connectivity index (χ3n) is 7.08. The number of likely N-dealkylation sites (tertiary alicyclic amines) is 1. The standard InChI is InChI=1S/C26H33N5O/c1-17-8-9-19(3)21(13-17)26(32)30-11-6-5-7-23(30)22-14-24-27-25(20(4)16-31(24)28-22)29-12-10-18(2)15-29/h8-9,13-14,16,18,23H,5-7,10-12,15H2,1-4H3/t18-,23-/m0/s1. The van der Waals surface area contributed by atoms with Gasteiger partial charge in [-0.25, -0.2) is 9.50 Å². The Labute approximate surface area is 190 Å². The first-order valence-electron chi connectivity index (χ1n) is 11.9. The molecule has 1 aromatic carbocycles. The van der Waals surface area contributed by atoms with E-state index in [0.717, 1.165) is 78.3 Å². The molecule has 3 aromatic rings. The van der Waals surface area contributed by atoms with E-state index in [0.29, 0.717) is 5.92 Å². The molecule has 32 heavy (non-hydrogen) atoms. The van der Waals surface area contributed by atoms with Gasteiger partial charge in [-0.15, -0.1) is 0 Å². The molecule has 1 amide bonds. The Hall–Kier alpha value is -2.89. The predicted molar refractivity (Wildman–Crippen MR) is 127 cm³/mol. The topological polar surface area (TPSA) is 53.7 Å². The first-order valence-corrected chi connectivity index (χ1v) is 11.9. The normalized spacial score (nSPS) is 21.5. The number of benzene rings is 1. The Balaban J connectivity index is 1.48. The molecule has 4 heterocycles. The number of carbonyl (C=O) groups excluding carboxylic acids is 1. The molecule has 0 N–H and O–H groups in total. The van der Waals surface area contributed by atoms with Gasteiger partial charge in [0, 0.05) is 43.0 Å². The summed E-state index contributed by atoms with van der Waals surface area (Å²) in [6.45, 7) is 11.4. The van der Waals surface area contributed by atoms with E-state index in [1.54, 1.807) is 0 Å². The summed E-state index contributed by atoms with van der Waals surface area (Å²) in [6.07, 6.45) is 6.39. The Bertz CT molecular complexity index is 1170. The average Bonchev–Trinajstić information content (AvgIpc) is 3.40. The molecule has 2 aromatic heterocycles. The monoisotopic (exact) mass is 431 g/mol. The van der Waals surface area contributed by atoms with Crippen molar-refractivity contribution in [3.05, 3.63) is 58.4 Å². The maximum absolute atomic E-state index is 13.6. The fraction of sp³-hybridized carbons (Fsp3) is 0.500.